The van der Waals surface area contributed by atoms with Gasteiger partial charge in [-0.05, 0) is 37.1 Å². The van der Waals surface area contributed by atoms with Crippen LogP contribution in [0.2, 0.25) is 0 Å². The first kappa shape index (κ1) is 15.7. The molecule has 7 nitrogen and oxygen atoms in total. The van der Waals surface area contributed by atoms with Gasteiger partial charge in [0, 0.05) is 0 Å². The Hall–Kier alpha value is -1.64. The molecule has 0 bridgehead atoms. The van der Waals surface area contributed by atoms with E-state index < -0.39 is 10.0 Å². The Morgan fingerprint density at radius 1 is 1.48 bits per heavy atom. The molecule has 1 aromatic rings. The van der Waals surface area contributed by atoms with Crippen LogP contribution in [0.3, 0.4) is 0 Å². The Balaban J connectivity index is 2.27. The topological polar surface area (TPSA) is 111 Å². The highest BCUT2D eigenvalue weighted by atomic mass is 32.2. The van der Waals surface area contributed by atoms with Crippen molar-refractivity contribution < 1.29 is 17.9 Å². The summed E-state index contributed by atoms with van der Waals surface area (Å²) in [6.07, 6.45) is 0.923. The Kier molecular flexibility index (Phi) is 4.50. The van der Waals surface area contributed by atoms with Gasteiger partial charge in [-0.1, -0.05) is 6.92 Å². The number of nitrogens with two attached hydrogens (primary N) is 1. The lowest BCUT2D eigenvalue weighted by molar-refractivity contribution is -0.118. The normalized spacial score (nSPS) is 22.0. The number of anilines is 1. The molecule has 0 aliphatic carbocycles. The molecular weight excluding hydrogens is 294 g/mol. The number of methoxy groups -OCH3 is 1. The average molecular weight is 313 g/mol. The number of sulfonamides is 1. The highest BCUT2D eigenvalue weighted by Gasteiger charge is 2.29. The fourth-order valence-electron chi connectivity index (χ4n) is 2.36. The standard InChI is InChI=1S/C13H19N3O4S/c1-8-5-6-15-12(8)13(17)16-10-7-9(21(14,18)19)3-4-11(10)20-2/h3-4,7-8,12,15H,5-6H2,1-2H3,(H,16,17)(H2,14,18,19). The maximum Gasteiger partial charge on any atom is 0.241 e. The van der Waals surface area contributed by atoms with Crippen LogP contribution in [-0.4, -0.2) is 34.0 Å². The van der Waals surface area contributed by atoms with E-state index in [0.717, 1.165) is 13.0 Å². The molecule has 1 aromatic carbocycles. The number of ether oxygens (including phenoxy) is 1. The molecule has 21 heavy (non-hydrogen) atoms. The van der Waals surface area contributed by atoms with Gasteiger partial charge < -0.3 is 15.4 Å². The lowest BCUT2D eigenvalue weighted by Gasteiger charge is -2.17. The first-order valence-corrected chi connectivity index (χ1v) is 8.12. The first-order valence-electron chi connectivity index (χ1n) is 6.58. The third kappa shape index (κ3) is 3.52. The van der Waals surface area contributed by atoms with Gasteiger partial charge in [-0.15, -0.1) is 0 Å². The number of amides is 1. The minimum Gasteiger partial charge on any atom is -0.495 e. The van der Waals surface area contributed by atoms with Crippen LogP contribution in [0.5, 0.6) is 5.75 Å². The van der Waals surface area contributed by atoms with E-state index in [-0.39, 0.29) is 28.4 Å². The second kappa shape index (κ2) is 6.00. The molecule has 0 aromatic heterocycles. The predicted molar refractivity (Wildman–Crippen MR) is 78.6 cm³/mol. The van der Waals surface area contributed by atoms with Crippen molar-refractivity contribution in [2.24, 2.45) is 11.1 Å². The molecule has 1 saturated heterocycles. The zero-order valence-electron chi connectivity index (χ0n) is 11.9. The molecule has 0 radical (unpaired) electrons. The molecule has 2 atom stereocenters. The Morgan fingerprint density at radius 2 is 2.19 bits per heavy atom. The van der Waals surface area contributed by atoms with Gasteiger partial charge in [0.25, 0.3) is 0 Å². The van der Waals surface area contributed by atoms with Crippen LogP contribution >= 0.6 is 0 Å². The van der Waals surface area contributed by atoms with Crippen molar-refractivity contribution in [2.75, 3.05) is 19.0 Å². The Labute approximate surface area is 123 Å². The van der Waals surface area contributed by atoms with E-state index in [1.54, 1.807) is 0 Å². The molecule has 116 valence electrons. The van der Waals surface area contributed by atoms with E-state index in [4.69, 9.17) is 9.88 Å². The van der Waals surface area contributed by atoms with Crippen molar-refractivity contribution in [1.29, 1.82) is 0 Å². The van der Waals surface area contributed by atoms with E-state index in [9.17, 15) is 13.2 Å². The summed E-state index contributed by atoms with van der Waals surface area (Å²) in [6, 6.07) is 3.79. The van der Waals surface area contributed by atoms with Crippen molar-refractivity contribution in [3.8, 4) is 5.75 Å². The molecule has 8 heteroatoms. The lowest BCUT2D eigenvalue weighted by Crippen LogP contribution is -2.39. The maximum atomic E-state index is 12.2. The minimum atomic E-state index is -3.84. The van der Waals surface area contributed by atoms with Crippen LogP contribution in [-0.2, 0) is 14.8 Å². The third-order valence-electron chi connectivity index (χ3n) is 3.57. The van der Waals surface area contributed by atoms with Crippen molar-refractivity contribution in [2.45, 2.75) is 24.3 Å². The van der Waals surface area contributed by atoms with Gasteiger partial charge >= 0.3 is 0 Å². The summed E-state index contributed by atoms with van der Waals surface area (Å²) in [5, 5.41) is 10.9. The summed E-state index contributed by atoms with van der Waals surface area (Å²) in [4.78, 5) is 12.2. The molecule has 1 fully saturated rings. The van der Waals surface area contributed by atoms with Crippen molar-refractivity contribution >= 4 is 21.6 Å². The van der Waals surface area contributed by atoms with Crippen LogP contribution in [0.1, 0.15) is 13.3 Å². The zero-order chi connectivity index (χ0) is 15.6. The van der Waals surface area contributed by atoms with Crippen molar-refractivity contribution in [1.82, 2.24) is 5.32 Å². The van der Waals surface area contributed by atoms with Crippen LogP contribution in [0.25, 0.3) is 0 Å². The van der Waals surface area contributed by atoms with E-state index >= 15 is 0 Å². The molecule has 1 aliphatic rings. The third-order valence-corrected chi connectivity index (χ3v) is 4.48. The van der Waals surface area contributed by atoms with E-state index in [1.807, 2.05) is 6.92 Å². The summed E-state index contributed by atoms with van der Waals surface area (Å²) in [5.41, 5.74) is 0.287. The van der Waals surface area contributed by atoms with Crippen LogP contribution in [0, 0.1) is 5.92 Å². The van der Waals surface area contributed by atoms with E-state index in [1.165, 1.54) is 25.3 Å². The van der Waals surface area contributed by atoms with Crippen molar-refractivity contribution in [3.63, 3.8) is 0 Å². The van der Waals surface area contributed by atoms with Gasteiger partial charge in [-0.25, -0.2) is 13.6 Å². The number of carbonyl (C=O) groups is 1. The first-order chi connectivity index (χ1) is 9.82. The van der Waals surface area contributed by atoms with Crippen LogP contribution < -0.4 is 20.5 Å². The number of carbonyl (C=O) groups excluding carboxylic acids is 1. The van der Waals surface area contributed by atoms with Gasteiger partial charge in [0.1, 0.15) is 5.75 Å². The van der Waals surface area contributed by atoms with Crippen LogP contribution in [0.4, 0.5) is 5.69 Å². The molecule has 1 amide bonds. The predicted octanol–water partition coefficient (Wildman–Crippen LogP) is 0.279. The highest BCUT2D eigenvalue weighted by Crippen LogP contribution is 2.28. The van der Waals surface area contributed by atoms with Crippen LogP contribution in [0.15, 0.2) is 23.1 Å². The molecule has 4 N–H and O–H groups in total. The number of nitrogens with one attached hydrogen (secondary N) is 2. The summed E-state index contributed by atoms with van der Waals surface area (Å²) in [7, 11) is -2.40. The largest absolute Gasteiger partial charge is 0.495 e. The SMILES string of the molecule is COc1ccc(S(N)(=O)=O)cc1NC(=O)C1NCCC1C. The number of benzene rings is 1. The molecule has 0 spiro atoms. The summed E-state index contributed by atoms with van der Waals surface area (Å²) < 4.78 is 27.9. The average Bonchev–Trinajstić information content (AvgIpc) is 2.84. The second-order valence-corrected chi connectivity index (χ2v) is 6.66. The highest BCUT2D eigenvalue weighted by molar-refractivity contribution is 7.89. The molecular formula is C13H19N3O4S. The fourth-order valence-corrected chi connectivity index (χ4v) is 2.90. The second-order valence-electron chi connectivity index (χ2n) is 5.09. The number of hydrogen-bond donors (Lipinski definition) is 3. The summed E-state index contributed by atoms with van der Waals surface area (Å²) in [5.74, 6) is 0.378. The van der Waals surface area contributed by atoms with E-state index in [2.05, 4.69) is 10.6 Å². The molecule has 2 unspecified atom stereocenters. The van der Waals surface area contributed by atoms with Gasteiger partial charge in [-0.3, -0.25) is 4.79 Å². The number of hydrogen-bond acceptors (Lipinski definition) is 5. The fraction of sp³-hybridized carbons (Fsp3) is 0.462. The van der Waals surface area contributed by atoms with Gasteiger partial charge in [-0.2, -0.15) is 0 Å². The summed E-state index contributed by atoms with van der Waals surface area (Å²) in [6.45, 7) is 2.77. The quantitative estimate of drug-likeness (QED) is 0.739. The molecule has 2 rings (SSSR count). The van der Waals surface area contributed by atoms with Crippen molar-refractivity contribution in [3.05, 3.63) is 18.2 Å². The monoisotopic (exact) mass is 313 g/mol. The summed E-state index contributed by atoms with van der Waals surface area (Å²) >= 11 is 0. The smallest absolute Gasteiger partial charge is 0.241 e. The molecule has 0 saturated carbocycles. The Morgan fingerprint density at radius 3 is 2.71 bits per heavy atom. The van der Waals surface area contributed by atoms with Gasteiger partial charge in [0.05, 0.1) is 23.7 Å². The zero-order valence-corrected chi connectivity index (χ0v) is 12.7. The van der Waals surface area contributed by atoms with E-state index in [0.29, 0.717) is 5.75 Å². The molecule has 1 heterocycles. The number of rotatable bonds is 4. The molecule has 1 aliphatic heterocycles. The number of primary sulfonamides is 1. The Bertz CT molecular complexity index is 645. The maximum absolute atomic E-state index is 12.2. The minimum absolute atomic E-state index is 0.0778. The van der Waals surface area contributed by atoms with Gasteiger partial charge in [0.2, 0.25) is 15.9 Å². The lowest BCUT2D eigenvalue weighted by atomic mass is 10.0. The van der Waals surface area contributed by atoms with Gasteiger partial charge in [0.15, 0.2) is 0 Å².